The van der Waals surface area contributed by atoms with Gasteiger partial charge in [-0.15, -0.1) is 0 Å². The van der Waals surface area contributed by atoms with E-state index in [1.165, 1.54) is 7.11 Å². The molecule has 0 spiro atoms. The third-order valence-corrected chi connectivity index (χ3v) is 10.8. The molecule has 3 rings (SSSR count). The lowest BCUT2D eigenvalue weighted by Gasteiger charge is -2.38. The van der Waals surface area contributed by atoms with E-state index >= 15 is 0 Å². The highest BCUT2D eigenvalue weighted by Crippen LogP contribution is 2.37. The molecule has 296 valence electrons. The van der Waals surface area contributed by atoms with E-state index in [9.17, 15) is 29.7 Å². The van der Waals surface area contributed by atoms with Gasteiger partial charge in [0.15, 0.2) is 6.10 Å². The summed E-state index contributed by atoms with van der Waals surface area (Å²) in [5.74, 6) is -1.14. The second kappa shape index (κ2) is 20.0. The molecule has 2 saturated heterocycles. The lowest BCUT2D eigenvalue weighted by atomic mass is 9.88. The lowest BCUT2D eigenvalue weighted by Crippen LogP contribution is -2.51. The number of rotatable bonds is 14. The number of nitrogens with zero attached hydrogens (tertiary/aromatic N) is 2. The van der Waals surface area contributed by atoms with Gasteiger partial charge in [-0.05, 0) is 64.6 Å². The molecule has 52 heavy (non-hydrogen) atoms. The van der Waals surface area contributed by atoms with E-state index in [4.69, 9.17) is 23.7 Å². The number of allylic oxidation sites excluding steroid dienone is 2. The summed E-state index contributed by atoms with van der Waals surface area (Å²) in [4.78, 5) is 41.8. The Labute approximate surface area is 309 Å². The predicted octanol–water partition coefficient (Wildman–Crippen LogP) is 3.93. The molecule has 13 nitrogen and oxygen atoms in total. The van der Waals surface area contributed by atoms with Crippen molar-refractivity contribution in [3.8, 4) is 0 Å². The Hall–Kier alpha value is -2.81. The Bertz CT molecular complexity index is 1260. The molecule has 3 heterocycles. The van der Waals surface area contributed by atoms with Gasteiger partial charge < -0.3 is 43.9 Å². The number of ether oxygens (including phenoxy) is 5. The molecule has 3 aliphatic rings. The van der Waals surface area contributed by atoms with Gasteiger partial charge in [-0.3, -0.25) is 14.5 Å². The molecular formula is C39H64N2O11. The van der Waals surface area contributed by atoms with Crippen molar-refractivity contribution in [2.24, 2.45) is 11.8 Å². The number of aliphatic hydroxyl groups is 3. The molecule has 0 saturated carbocycles. The molecule has 3 N–H and O–H groups in total. The number of hydrogen-bond donors (Lipinski definition) is 3. The van der Waals surface area contributed by atoms with Crippen LogP contribution in [-0.4, -0.2) is 138 Å². The van der Waals surface area contributed by atoms with Crippen molar-refractivity contribution in [2.45, 2.75) is 134 Å². The number of aliphatic hydroxyl groups excluding tert-OH is 2. The summed E-state index contributed by atoms with van der Waals surface area (Å²) < 4.78 is 28.4. The van der Waals surface area contributed by atoms with Gasteiger partial charge in [-0.2, -0.15) is 0 Å². The Kier molecular flexibility index (Phi) is 16.8. The van der Waals surface area contributed by atoms with Crippen molar-refractivity contribution in [3.63, 3.8) is 0 Å². The van der Waals surface area contributed by atoms with Crippen molar-refractivity contribution in [2.75, 3.05) is 46.9 Å². The van der Waals surface area contributed by atoms with Crippen LogP contribution < -0.4 is 0 Å². The smallest absolute Gasteiger partial charge is 0.410 e. The van der Waals surface area contributed by atoms with Crippen LogP contribution in [0.25, 0.3) is 0 Å². The van der Waals surface area contributed by atoms with E-state index in [-0.39, 0.29) is 42.9 Å². The predicted molar refractivity (Wildman–Crippen MR) is 195 cm³/mol. The molecule has 1 amide bonds. The number of methoxy groups -OCH3 is 2. The Morgan fingerprint density at radius 2 is 1.88 bits per heavy atom. The Morgan fingerprint density at radius 1 is 1.19 bits per heavy atom. The highest BCUT2D eigenvalue weighted by molar-refractivity contribution is 5.70. The van der Waals surface area contributed by atoms with Crippen molar-refractivity contribution in [3.05, 3.63) is 36.0 Å². The fourth-order valence-electron chi connectivity index (χ4n) is 6.90. The van der Waals surface area contributed by atoms with E-state index in [1.807, 2.05) is 40.7 Å². The normalized spacial score (nSPS) is 32.5. The van der Waals surface area contributed by atoms with Crippen LogP contribution in [0.4, 0.5) is 4.79 Å². The second-order valence-corrected chi connectivity index (χ2v) is 15.2. The minimum atomic E-state index is -1.16. The lowest BCUT2D eigenvalue weighted by molar-refractivity contribution is -0.151. The SMILES string of the molecule is CC[C@H](O)[C@@H](C)[C@H]1O[C@@H]1C[C@@](C)(O)/C=C/C=C(\C)[C@H]1OC(=O)C[C@H](O)CC[C@@](C)(OC)[C@@H](OC(=O)N2CCN(CCCC(=O)OC)CC2)/C=C\[C@@H]1C. The molecule has 10 atom stereocenters. The zero-order valence-corrected chi connectivity index (χ0v) is 32.5. The minimum absolute atomic E-state index is 0.0160. The molecule has 0 aromatic carbocycles. The summed E-state index contributed by atoms with van der Waals surface area (Å²) in [6.45, 7) is 14.1. The number of hydrogen-bond acceptors (Lipinski definition) is 12. The standard InChI is InChI=1S/C39H64N2O11/c1-9-30(43)28(4)36-31(50-36)25-38(5,47)17-10-12-26(2)35-27(3)14-15-32(39(6,49-8)18-16-29(42)24-34(45)52-35)51-37(46)41-22-20-40(21-23-41)19-11-13-33(44)48-7/h10,12,14-15,17,27-32,35-36,42-43,47H,9,11,13,16,18-25H2,1-8H3/b15-14-,17-10+,26-12+/t27-,28+,29+,30-,31+,32-,35+,36+,38-,39+/m0/s1. The number of carbonyl (C=O) groups excluding carboxylic acids is 3. The zero-order valence-electron chi connectivity index (χ0n) is 32.5. The number of carbonyl (C=O) groups is 3. The largest absolute Gasteiger partial charge is 0.469 e. The van der Waals surface area contributed by atoms with Gasteiger partial charge in [-0.1, -0.05) is 45.1 Å². The summed E-state index contributed by atoms with van der Waals surface area (Å²) in [6.07, 6.45) is 7.60. The van der Waals surface area contributed by atoms with Crippen LogP contribution >= 0.6 is 0 Å². The first-order chi connectivity index (χ1) is 24.5. The van der Waals surface area contributed by atoms with Gasteiger partial charge in [0.25, 0.3) is 0 Å². The molecular weight excluding hydrogens is 672 g/mol. The first-order valence-corrected chi connectivity index (χ1v) is 18.8. The van der Waals surface area contributed by atoms with Crippen LogP contribution in [-0.2, 0) is 33.3 Å². The maximum absolute atomic E-state index is 13.5. The monoisotopic (exact) mass is 736 g/mol. The third kappa shape index (κ3) is 13.2. The molecule has 0 bridgehead atoms. The highest BCUT2D eigenvalue weighted by Gasteiger charge is 2.47. The highest BCUT2D eigenvalue weighted by atomic mass is 16.6. The van der Waals surface area contributed by atoms with E-state index in [1.54, 1.807) is 43.2 Å². The molecule has 0 radical (unpaired) electrons. The van der Waals surface area contributed by atoms with E-state index in [0.717, 1.165) is 12.1 Å². The number of amides is 1. The van der Waals surface area contributed by atoms with Crippen LogP contribution in [0, 0.1) is 11.8 Å². The van der Waals surface area contributed by atoms with Gasteiger partial charge in [0.2, 0.25) is 0 Å². The number of piperazine rings is 1. The van der Waals surface area contributed by atoms with Crippen LogP contribution in [0.3, 0.4) is 0 Å². The summed E-state index contributed by atoms with van der Waals surface area (Å²) >= 11 is 0. The molecule has 0 aromatic heterocycles. The summed E-state index contributed by atoms with van der Waals surface area (Å²) in [6, 6.07) is 0. The van der Waals surface area contributed by atoms with Gasteiger partial charge in [0.05, 0.1) is 43.5 Å². The fraction of sp³-hybridized carbons (Fsp3) is 0.769. The average Bonchev–Trinajstić information content (AvgIpc) is 3.87. The van der Waals surface area contributed by atoms with Crippen LogP contribution in [0.2, 0.25) is 0 Å². The number of esters is 2. The Morgan fingerprint density at radius 3 is 2.52 bits per heavy atom. The third-order valence-electron chi connectivity index (χ3n) is 10.8. The van der Waals surface area contributed by atoms with Gasteiger partial charge in [0.1, 0.15) is 11.7 Å². The molecule has 0 aliphatic carbocycles. The molecule has 0 aromatic rings. The molecule has 3 aliphatic heterocycles. The zero-order chi connectivity index (χ0) is 38.6. The second-order valence-electron chi connectivity index (χ2n) is 15.2. The van der Waals surface area contributed by atoms with Crippen molar-refractivity contribution >= 4 is 18.0 Å². The first-order valence-electron chi connectivity index (χ1n) is 18.8. The summed E-state index contributed by atoms with van der Waals surface area (Å²) in [5, 5.41) is 32.0. The fourth-order valence-corrected chi connectivity index (χ4v) is 6.90. The van der Waals surface area contributed by atoms with Crippen molar-refractivity contribution in [1.29, 1.82) is 0 Å². The average molecular weight is 737 g/mol. The number of cyclic esters (lactones) is 1. The topological polar surface area (TPSA) is 168 Å². The quantitative estimate of drug-likeness (QED) is 0.0774. The van der Waals surface area contributed by atoms with Crippen LogP contribution in [0.1, 0.15) is 86.5 Å². The molecule has 2 fully saturated rings. The minimum Gasteiger partial charge on any atom is -0.469 e. The van der Waals surface area contributed by atoms with Crippen LogP contribution in [0.15, 0.2) is 36.0 Å². The van der Waals surface area contributed by atoms with E-state index < -0.39 is 47.7 Å². The maximum atomic E-state index is 13.5. The summed E-state index contributed by atoms with van der Waals surface area (Å²) in [7, 11) is 2.92. The van der Waals surface area contributed by atoms with Crippen LogP contribution in [0.5, 0.6) is 0 Å². The van der Waals surface area contributed by atoms with Gasteiger partial charge in [-0.25, -0.2) is 4.79 Å². The van der Waals surface area contributed by atoms with E-state index in [2.05, 4.69) is 4.90 Å². The molecule has 13 heteroatoms. The maximum Gasteiger partial charge on any atom is 0.410 e. The summed E-state index contributed by atoms with van der Waals surface area (Å²) in [5.41, 5.74) is -1.43. The molecule has 0 unspecified atom stereocenters. The van der Waals surface area contributed by atoms with Gasteiger partial charge >= 0.3 is 18.0 Å². The first kappa shape index (κ1) is 43.6. The Balaban J connectivity index is 1.72. The van der Waals surface area contributed by atoms with Crippen molar-refractivity contribution in [1.82, 2.24) is 9.80 Å². The number of epoxide rings is 1. The van der Waals surface area contributed by atoms with Gasteiger partial charge in [0, 0.05) is 58.0 Å². The van der Waals surface area contributed by atoms with Crippen molar-refractivity contribution < 1.29 is 53.4 Å². The van der Waals surface area contributed by atoms with E-state index in [0.29, 0.717) is 58.3 Å².